The highest BCUT2D eigenvalue weighted by atomic mass is 15.2. The van der Waals surface area contributed by atoms with Crippen LogP contribution in [0.4, 0.5) is 5.69 Å². The van der Waals surface area contributed by atoms with Crippen LogP contribution in [0.15, 0.2) is 41.9 Å². The van der Waals surface area contributed by atoms with Crippen molar-refractivity contribution in [1.82, 2.24) is 10.6 Å². The Morgan fingerprint density at radius 3 is 2.47 bits per heavy atom. The van der Waals surface area contributed by atoms with Gasteiger partial charge in [0.1, 0.15) is 0 Å². The first-order valence-corrected chi connectivity index (χ1v) is 6.56. The van der Waals surface area contributed by atoms with Crippen LogP contribution in [-0.2, 0) is 6.54 Å². The third kappa shape index (κ3) is 5.46. The zero-order chi connectivity index (χ0) is 14.1. The number of guanidine groups is 1. The molecule has 1 aromatic rings. The Kier molecular flexibility index (Phi) is 6.50. The Morgan fingerprint density at radius 2 is 1.95 bits per heavy atom. The molecule has 0 aliphatic heterocycles. The molecule has 2 N–H and O–H groups in total. The topological polar surface area (TPSA) is 39.7 Å². The van der Waals surface area contributed by atoms with Crippen LogP contribution in [0.25, 0.3) is 0 Å². The van der Waals surface area contributed by atoms with Crippen LogP contribution >= 0.6 is 0 Å². The van der Waals surface area contributed by atoms with E-state index in [1.165, 1.54) is 11.3 Å². The number of hydrogen-bond acceptors (Lipinski definition) is 2. The maximum Gasteiger partial charge on any atom is 0.191 e. The zero-order valence-corrected chi connectivity index (χ0v) is 12.1. The second-order valence-corrected chi connectivity index (χ2v) is 4.43. The van der Waals surface area contributed by atoms with E-state index in [0.29, 0.717) is 13.1 Å². The lowest BCUT2D eigenvalue weighted by Gasteiger charge is -2.12. The van der Waals surface area contributed by atoms with Crippen LogP contribution in [0.1, 0.15) is 12.5 Å². The molecule has 19 heavy (non-hydrogen) atoms. The molecular formula is C15H24N4. The highest BCUT2D eigenvalue weighted by Gasteiger charge is 1.97. The Labute approximate surface area is 116 Å². The van der Waals surface area contributed by atoms with Crippen molar-refractivity contribution >= 4 is 11.6 Å². The second kappa shape index (κ2) is 8.19. The molecule has 0 saturated heterocycles. The van der Waals surface area contributed by atoms with Gasteiger partial charge in [0.25, 0.3) is 0 Å². The normalized spacial score (nSPS) is 11.0. The van der Waals surface area contributed by atoms with E-state index in [2.05, 4.69) is 58.3 Å². The number of anilines is 1. The average Bonchev–Trinajstić information content (AvgIpc) is 2.42. The fraction of sp³-hybridized carbons (Fsp3) is 0.400. The van der Waals surface area contributed by atoms with Crippen LogP contribution in [0.2, 0.25) is 0 Å². The lowest BCUT2D eigenvalue weighted by Crippen LogP contribution is -2.37. The predicted molar refractivity (Wildman–Crippen MR) is 83.8 cm³/mol. The number of nitrogens with one attached hydrogen (secondary N) is 2. The van der Waals surface area contributed by atoms with E-state index in [9.17, 15) is 0 Å². The maximum absolute atomic E-state index is 4.53. The number of aliphatic imine (C=N–C) groups is 1. The van der Waals surface area contributed by atoms with Crippen LogP contribution in [-0.4, -0.2) is 33.1 Å². The fourth-order valence-corrected chi connectivity index (χ4v) is 1.58. The second-order valence-electron chi connectivity index (χ2n) is 4.43. The summed E-state index contributed by atoms with van der Waals surface area (Å²) in [5.41, 5.74) is 2.39. The predicted octanol–water partition coefficient (Wildman–Crippen LogP) is 1.99. The molecule has 4 heteroatoms. The molecule has 0 radical (unpaired) electrons. The summed E-state index contributed by atoms with van der Waals surface area (Å²) in [5.74, 6) is 0.819. The molecule has 0 aliphatic carbocycles. The van der Waals surface area contributed by atoms with Gasteiger partial charge in [0.15, 0.2) is 5.96 Å². The van der Waals surface area contributed by atoms with Gasteiger partial charge in [-0.05, 0) is 24.6 Å². The van der Waals surface area contributed by atoms with Crippen molar-refractivity contribution in [3.8, 4) is 0 Å². The standard InChI is InChI=1S/C15H24N4/c1-5-11-17-15(16-6-2)18-12-13-7-9-14(10-8-13)19(3)4/h5,7-10H,1,6,11-12H2,2-4H3,(H2,16,17,18). The molecule has 0 atom stereocenters. The number of hydrogen-bond donors (Lipinski definition) is 2. The highest BCUT2D eigenvalue weighted by Crippen LogP contribution is 2.12. The highest BCUT2D eigenvalue weighted by molar-refractivity contribution is 5.79. The van der Waals surface area contributed by atoms with E-state index in [4.69, 9.17) is 0 Å². The first-order chi connectivity index (χ1) is 9.17. The van der Waals surface area contributed by atoms with Gasteiger partial charge < -0.3 is 15.5 Å². The van der Waals surface area contributed by atoms with E-state index in [-0.39, 0.29) is 0 Å². The van der Waals surface area contributed by atoms with E-state index < -0.39 is 0 Å². The third-order valence-corrected chi connectivity index (χ3v) is 2.63. The average molecular weight is 260 g/mol. The van der Waals surface area contributed by atoms with Gasteiger partial charge in [-0.1, -0.05) is 18.2 Å². The Hall–Kier alpha value is -1.97. The molecule has 0 aliphatic rings. The van der Waals surface area contributed by atoms with E-state index >= 15 is 0 Å². The zero-order valence-electron chi connectivity index (χ0n) is 12.1. The Morgan fingerprint density at radius 1 is 1.26 bits per heavy atom. The summed E-state index contributed by atoms with van der Waals surface area (Å²) in [5, 5.41) is 6.38. The van der Waals surface area contributed by atoms with Crippen molar-refractivity contribution < 1.29 is 0 Å². The molecule has 0 amide bonds. The first-order valence-electron chi connectivity index (χ1n) is 6.56. The molecular weight excluding hydrogens is 236 g/mol. The van der Waals surface area contributed by atoms with Gasteiger partial charge in [-0.15, -0.1) is 6.58 Å². The molecule has 0 saturated carbocycles. The summed E-state index contributed by atoms with van der Waals surface area (Å²) in [4.78, 5) is 6.61. The summed E-state index contributed by atoms with van der Waals surface area (Å²) in [6, 6.07) is 8.43. The third-order valence-electron chi connectivity index (χ3n) is 2.63. The van der Waals surface area contributed by atoms with E-state index in [0.717, 1.165) is 12.5 Å². The Balaban J connectivity index is 2.62. The van der Waals surface area contributed by atoms with Gasteiger partial charge in [0.05, 0.1) is 6.54 Å². The van der Waals surface area contributed by atoms with Crippen LogP contribution in [0.5, 0.6) is 0 Å². The first kappa shape index (κ1) is 15.1. The van der Waals surface area contributed by atoms with Crippen molar-refractivity contribution in [2.75, 3.05) is 32.1 Å². The number of rotatable bonds is 6. The number of benzene rings is 1. The van der Waals surface area contributed by atoms with Crippen molar-refractivity contribution in [2.24, 2.45) is 4.99 Å². The summed E-state index contributed by atoms with van der Waals surface area (Å²) in [7, 11) is 4.07. The van der Waals surface area contributed by atoms with Crippen molar-refractivity contribution in [3.05, 3.63) is 42.5 Å². The minimum atomic E-state index is 0.667. The minimum Gasteiger partial charge on any atom is -0.378 e. The van der Waals surface area contributed by atoms with Crippen molar-refractivity contribution in [3.63, 3.8) is 0 Å². The van der Waals surface area contributed by atoms with Gasteiger partial charge >= 0.3 is 0 Å². The molecule has 0 heterocycles. The fourth-order valence-electron chi connectivity index (χ4n) is 1.58. The lowest BCUT2D eigenvalue weighted by atomic mass is 10.2. The summed E-state index contributed by atoms with van der Waals surface area (Å²) in [6.45, 7) is 7.97. The van der Waals surface area contributed by atoms with Gasteiger partial charge in [0.2, 0.25) is 0 Å². The molecule has 1 aromatic carbocycles. The van der Waals surface area contributed by atoms with E-state index in [1.807, 2.05) is 20.2 Å². The van der Waals surface area contributed by atoms with Crippen LogP contribution in [0, 0.1) is 0 Å². The van der Waals surface area contributed by atoms with Gasteiger partial charge in [-0.3, -0.25) is 0 Å². The van der Waals surface area contributed by atoms with Crippen LogP contribution in [0.3, 0.4) is 0 Å². The lowest BCUT2D eigenvalue weighted by molar-refractivity contribution is 0.860. The summed E-state index contributed by atoms with van der Waals surface area (Å²) in [6.07, 6.45) is 1.82. The molecule has 4 nitrogen and oxygen atoms in total. The molecule has 0 aromatic heterocycles. The molecule has 0 bridgehead atoms. The number of nitrogens with zero attached hydrogens (tertiary/aromatic N) is 2. The minimum absolute atomic E-state index is 0.667. The van der Waals surface area contributed by atoms with Crippen LogP contribution < -0.4 is 15.5 Å². The van der Waals surface area contributed by atoms with Gasteiger partial charge in [0, 0.05) is 32.9 Å². The summed E-state index contributed by atoms with van der Waals surface area (Å²) < 4.78 is 0. The molecule has 104 valence electrons. The Bertz CT molecular complexity index is 407. The molecule has 0 unspecified atom stereocenters. The van der Waals surface area contributed by atoms with Crippen molar-refractivity contribution in [2.45, 2.75) is 13.5 Å². The van der Waals surface area contributed by atoms with Gasteiger partial charge in [-0.25, -0.2) is 4.99 Å². The quantitative estimate of drug-likeness (QED) is 0.467. The maximum atomic E-state index is 4.53. The van der Waals surface area contributed by atoms with Crippen molar-refractivity contribution in [1.29, 1.82) is 0 Å². The van der Waals surface area contributed by atoms with Gasteiger partial charge in [-0.2, -0.15) is 0 Å². The SMILES string of the molecule is C=CCNC(=NCc1ccc(N(C)C)cc1)NCC. The summed E-state index contributed by atoms with van der Waals surface area (Å²) >= 11 is 0. The molecule has 0 spiro atoms. The monoisotopic (exact) mass is 260 g/mol. The van der Waals surface area contributed by atoms with E-state index in [1.54, 1.807) is 0 Å². The molecule has 0 fully saturated rings. The molecule has 1 rings (SSSR count). The smallest absolute Gasteiger partial charge is 0.191 e. The largest absolute Gasteiger partial charge is 0.378 e.